The summed E-state index contributed by atoms with van der Waals surface area (Å²) >= 11 is 7.42. The van der Waals surface area contributed by atoms with Crippen LogP contribution in [0.3, 0.4) is 0 Å². The Morgan fingerprint density at radius 1 is 1.26 bits per heavy atom. The number of hydrogen-bond acceptors (Lipinski definition) is 5. The lowest BCUT2D eigenvalue weighted by Gasteiger charge is -2.26. The van der Waals surface area contributed by atoms with Crippen molar-refractivity contribution in [3.63, 3.8) is 0 Å². The fraction of sp³-hybridized carbons (Fsp3) is 0.286. The van der Waals surface area contributed by atoms with E-state index >= 15 is 0 Å². The SMILES string of the molecule is NCCNc1cc(C(F)(F)F)c2nc(N3CCc4c([nH]c5ccc(Cl)cc45)C3)sc2c1. The molecule has 5 nitrogen and oxygen atoms in total. The molecule has 3 heterocycles. The smallest absolute Gasteiger partial charge is 0.384 e. The van der Waals surface area contributed by atoms with Crippen LogP contribution in [0.15, 0.2) is 30.3 Å². The van der Waals surface area contributed by atoms with Crippen LogP contribution in [-0.4, -0.2) is 29.6 Å². The summed E-state index contributed by atoms with van der Waals surface area (Å²) in [5.74, 6) is 0. The van der Waals surface area contributed by atoms with Crippen LogP contribution in [0, 0.1) is 0 Å². The van der Waals surface area contributed by atoms with Crippen LogP contribution in [0.1, 0.15) is 16.8 Å². The second-order valence-corrected chi connectivity index (χ2v) is 8.97. The van der Waals surface area contributed by atoms with Crippen LogP contribution in [-0.2, 0) is 19.1 Å². The molecule has 10 heteroatoms. The van der Waals surface area contributed by atoms with E-state index in [1.807, 2.05) is 23.1 Å². The number of rotatable bonds is 4. The van der Waals surface area contributed by atoms with Gasteiger partial charge in [-0.15, -0.1) is 0 Å². The van der Waals surface area contributed by atoms with Crippen molar-refractivity contribution in [2.45, 2.75) is 19.1 Å². The van der Waals surface area contributed by atoms with E-state index in [1.54, 1.807) is 6.07 Å². The normalized spacial score (nSPS) is 14.4. The van der Waals surface area contributed by atoms with E-state index in [2.05, 4.69) is 15.3 Å². The van der Waals surface area contributed by atoms with Gasteiger partial charge < -0.3 is 20.9 Å². The number of nitrogens with one attached hydrogen (secondary N) is 2. The summed E-state index contributed by atoms with van der Waals surface area (Å²) in [6.07, 6.45) is -3.73. The van der Waals surface area contributed by atoms with Gasteiger partial charge in [-0.1, -0.05) is 22.9 Å². The van der Waals surface area contributed by atoms with Gasteiger partial charge in [0.2, 0.25) is 0 Å². The van der Waals surface area contributed by atoms with Crippen molar-refractivity contribution >= 4 is 54.9 Å². The molecule has 2 aromatic heterocycles. The predicted molar refractivity (Wildman–Crippen MR) is 120 cm³/mol. The van der Waals surface area contributed by atoms with Gasteiger partial charge in [0.25, 0.3) is 0 Å². The van der Waals surface area contributed by atoms with E-state index in [0.29, 0.717) is 46.7 Å². The van der Waals surface area contributed by atoms with Crippen LogP contribution in [0.4, 0.5) is 24.0 Å². The van der Waals surface area contributed by atoms with Crippen molar-refractivity contribution in [3.8, 4) is 0 Å². The molecule has 4 aromatic rings. The summed E-state index contributed by atoms with van der Waals surface area (Å²) in [5.41, 5.74) is 8.39. The third kappa shape index (κ3) is 3.71. The van der Waals surface area contributed by atoms with E-state index in [4.69, 9.17) is 17.3 Å². The first kappa shape index (κ1) is 20.4. The Bertz CT molecular complexity index is 1280. The van der Waals surface area contributed by atoms with Gasteiger partial charge in [-0.3, -0.25) is 0 Å². The monoisotopic (exact) mass is 465 g/mol. The summed E-state index contributed by atoms with van der Waals surface area (Å²) in [4.78, 5) is 9.85. The number of nitrogens with two attached hydrogens (primary N) is 1. The maximum atomic E-state index is 13.7. The Kier molecular flexibility index (Phi) is 4.99. The number of hydrogen-bond donors (Lipinski definition) is 3. The number of thiazole rings is 1. The Labute approximate surface area is 185 Å². The molecule has 2 aromatic carbocycles. The van der Waals surface area contributed by atoms with Gasteiger partial charge in [-0.05, 0) is 42.3 Å². The molecule has 4 N–H and O–H groups in total. The number of halogens is 4. The molecule has 0 fully saturated rings. The molecule has 0 saturated heterocycles. The Hall–Kier alpha value is -2.49. The molecule has 162 valence electrons. The predicted octanol–water partition coefficient (Wildman–Crippen LogP) is 5.38. The summed E-state index contributed by atoms with van der Waals surface area (Å²) in [7, 11) is 0. The number of aromatic nitrogens is 2. The molecule has 0 aliphatic carbocycles. The highest BCUT2D eigenvalue weighted by Gasteiger charge is 2.35. The third-order valence-corrected chi connectivity index (χ3v) is 6.77. The van der Waals surface area contributed by atoms with Gasteiger partial charge in [0.15, 0.2) is 5.13 Å². The number of aromatic amines is 1. The van der Waals surface area contributed by atoms with E-state index < -0.39 is 11.7 Å². The Morgan fingerprint density at radius 2 is 2.10 bits per heavy atom. The zero-order valence-electron chi connectivity index (χ0n) is 16.3. The maximum Gasteiger partial charge on any atom is 0.418 e. The molecule has 0 unspecified atom stereocenters. The molecule has 0 spiro atoms. The second-order valence-electron chi connectivity index (χ2n) is 7.52. The minimum atomic E-state index is -4.49. The van der Waals surface area contributed by atoms with Crippen LogP contribution in [0.25, 0.3) is 21.1 Å². The molecule has 0 saturated carbocycles. The highest BCUT2D eigenvalue weighted by atomic mass is 35.5. The van der Waals surface area contributed by atoms with Crippen molar-refractivity contribution in [1.29, 1.82) is 0 Å². The van der Waals surface area contributed by atoms with Crippen molar-refractivity contribution in [1.82, 2.24) is 9.97 Å². The van der Waals surface area contributed by atoms with Gasteiger partial charge >= 0.3 is 6.18 Å². The zero-order valence-corrected chi connectivity index (χ0v) is 17.9. The summed E-state index contributed by atoms with van der Waals surface area (Å²) in [6, 6.07) is 8.56. The van der Waals surface area contributed by atoms with Gasteiger partial charge in [0.05, 0.1) is 22.3 Å². The summed E-state index contributed by atoms with van der Waals surface area (Å²) in [5, 5.41) is 5.31. The fourth-order valence-electron chi connectivity index (χ4n) is 4.06. The number of H-pyrrole nitrogens is 1. The molecular formula is C21H19ClF3N5S. The topological polar surface area (TPSA) is 70.0 Å². The van der Waals surface area contributed by atoms with E-state index in [0.717, 1.165) is 29.1 Å². The van der Waals surface area contributed by atoms with Crippen LogP contribution < -0.4 is 16.0 Å². The molecule has 1 aliphatic rings. The summed E-state index contributed by atoms with van der Waals surface area (Å²) < 4.78 is 41.6. The lowest BCUT2D eigenvalue weighted by molar-refractivity contribution is -0.136. The quantitative estimate of drug-likeness (QED) is 0.378. The van der Waals surface area contributed by atoms with Crippen molar-refractivity contribution in [2.75, 3.05) is 29.9 Å². The van der Waals surface area contributed by atoms with Crippen LogP contribution in [0.2, 0.25) is 5.02 Å². The van der Waals surface area contributed by atoms with Gasteiger partial charge in [-0.25, -0.2) is 4.98 Å². The highest BCUT2D eigenvalue weighted by Crippen LogP contribution is 2.41. The third-order valence-electron chi connectivity index (χ3n) is 5.47. The highest BCUT2D eigenvalue weighted by molar-refractivity contribution is 7.22. The van der Waals surface area contributed by atoms with E-state index in [-0.39, 0.29) is 5.52 Å². The van der Waals surface area contributed by atoms with Crippen molar-refractivity contribution in [2.24, 2.45) is 5.73 Å². The average Bonchev–Trinajstić information content (AvgIpc) is 3.31. The summed E-state index contributed by atoms with van der Waals surface area (Å²) in [6.45, 7) is 1.96. The first-order valence-electron chi connectivity index (χ1n) is 9.83. The largest absolute Gasteiger partial charge is 0.418 e. The molecule has 0 radical (unpaired) electrons. The molecule has 31 heavy (non-hydrogen) atoms. The number of alkyl halides is 3. The molecule has 0 bridgehead atoms. The van der Waals surface area contributed by atoms with Gasteiger partial charge in [-0.2, -0.15) is 13.2 Å². The first-order chi connectivity index (χ1) is 14.8. The maximum absolute atomic E-state index is 13.7. The number of benzene rings is 2. The molecule has 0 atom stereocenters. The molecule has 5 rings (SSSR count). The second kappa shape index (κ2) is 7.58. The Morgan fingerprint density at radius 3 is 2.87 bits per heavy atom. The van der Waals surface area contributed by atoms with Crippen LogP contribution >= 0.6 is 22.9 Å². The van der Waals surface area contributed by atoms with E-state index in [9.17, 15) is 13.2 Å². The number of nitrogens with zero attached hydrogens (tertiary/aromatic N) is 2. The van der Waals surface area contributed by atoms with Gasteiger partial charge in [0.1, 0.15) is 0 Å². The average molecular weight is 466 g/mol. The molecule has 1 aliphatic heterocycles. The number of anilines is 2. The first-order valence-corrected chi connectivity index (χ1v) is 11.0. The lowest BCUT2D eigenvalue weighted by Crippen LogP contribution is -2.30. The van der Waals surface area contributed by atoms with E-state index in [1.165, 1.54) is 16.9 Å². The van der Waals surface area contributed by atoms with Crippen molar-refractivity contribution in [3.05, 3.63) is 52.2 Å². The fourth-order valence-corrected chi connectivity index (χ4v) is 5.29. The molecular weight excluding hydrogens is 447 g/mol. The standard InChI is InChI=1S/C21H19ClF3N5S/c22-11-1-2-16-14(7-11)13-3-6-30(10-17(13)28-16)20-29-19-15(21(23,24)25)8-12(27-5-4-26)9-18(19)31-20/h1-2,7-9,27-28H,3-6,10,26H2. The zero-order chi connectivity index (χ0) is 21.8. The lowest BCUT2D eigenvalue weighted by atomic mass is 10.0. The minimum absolute atomic E-state index is 0.0139. The Balaban J connectivity index is 1.53. The van der Waals surface area contributed by atoms with Crippen molar-refractivity contribution < 1.29 is 13.2 Å². The van der Waals surface area contributed by atoms with Crippen LogP contribution in [0.5, 0.6) is 0 Å². The number of fused-ring (bicyclic) bond motifs is 4. The van der Waals surface area contributed by atoms with Gasteiger partial charge in [0, 0.05) is 46.9 Å². The molecule has 0 amide bonds. The minimum Gasteiger partial charge on any atom is -0.384 e.